The maximum atomic E-state index is 12.8. The smallest absolute Gasteiger partial charge is 0.253 e. The molecule has 0 bridgehead atoms. The molecule has 0 radical (unpaired) electrons. The van der Waals surface area contributed by atoms with Gasteiger partial charge in [0.05, 0.1) is 7.11 Å². The van der Waals surface area contributed by atoms with Gasteiger partial charge in [0.1, 0.15) is 23.1 Å². The van der Waals surface area contributed by atoms with Gasteiger partial charge in [-0.15, -0.1) is 0 Å². The zero-order chi connectivity index (χ0) is 21.8. The minimum absolute atomic E-state index is 0.0320. The van der Waals surface area contributed by atoms with Crippen molar-refractivity contribution in [1.29, 1.82) is 0 Å². The number of hydrogen-bond acceptors (Lipinski definition) is 6. The second-order valence-electron chi connectivity index (χ2n) is 7.53. The molecule has 7 nitrogen and oxygen atoms in total. The largest absolute Gasteiger partial charge is 0.497 e. The van der Waals surface area contributed by atoms with Crippen LogP contribution in [0, 0.1) is 13.8 Å². The first-order chi connectivity index (χ1) is 15.0. The Balaban J connectivity index is 1.41. The van der Waals surface area contributed by atoms with Crippen molar-refractivity contribution in [1.82, 2.24) is 14.9 Å². The Hall–Kier alpha value is -3.61. The molecule has 0 aliphatic carbocycles. The lowest BCUT2D eigenvalue weighted by Crippen LogP contribution is -2.49. The molecule has 2 heterocycles. The highest BCUT2D eigenvalue weighted by Gasteiger charge is 2.23. The van der Waals surface area contributed by atoms with E-state index in [4.69, 9.17) is 9.47 Å². The van der Waals surface area contributed by atoms with Gasteiger partial charge in [0.15, 0.2) is 0 Å². The fourth-order valence-electron chi connectivity index (χ4n) is 3.52. The van der Waals surface area contributed by atoms with E-state index in [0.29, 0.717) is 43.4 Å². The number of benzene rings is 2. The Kier molecular flexibility index (Phi) is 6.02. The van der Waals surface area contributed by atoms with Crippen molar-refractivity contribution in [2.45, 2.75) is 13.8 Å². The second-order valence-corrected chi connectivity index (χ2v) is 7.53. The SMILES string of the molecule is COc1ccc(C(=O)N2CCN(c3cc(Oc4ccc(C)cc4)nc(C)n3)CC2)cc1. The van der Waals surface area contributed by atoms with Gasteiger partial charge in [-0.2, -0.15) is 4.98 Å². The first kappa shape index (κ1) is 20.7. The number of anilines is 1. The highest BCUT2D eigenvalue weighted by molar-refractivity contribution is 5.94. The highest BCUT2D eigenvalue weighted by atomic mass is 16.5. The van der Waals surface area contributed by atoms with Crippen LogP contribution >= 0.6 is 0 Å². The molecule has 3 aromatic rings. The molecule has 1 fully saturated rings. The van der Waals surface area contributed by atoms with E-state index < -0.39 is 0 Å². The van der Waals surface area contributed by atoms with Crippen molar-refractivity contribution in [3.63, 3.8) is 0 Å². The van der Waals surface area contributed by atoms with Gasteiger partial charge in [0.2, 0.25) is 5.88 Å². The zero-order valence-electron chi connectivity index (χ0n) is 18.0. The van der Waals surface area contributed by atoms with Crippen LogP contribution in [0.5, 0.6) is 17.4 Å². The summed E-state index contributed by atoms with van der Waals surface area (Å²) in [7, 11) is 1.61. The molecule has 4 rings (SSSR count). The van der Waals surface area contributed by atoms with Gasteiger partial charge in [0, 0.05) is 37.8 Å². The third-order valence-electron chi connectivity index (χ3n) is 5.27. The second kappa shape index (κ2) is 9.04. The number of carbonyl (C=O) groups is 1. The number of nitrogens with zero attached hydrogens (tertiary/aromatic N) is 4. The number of aryl methyl sites for hydroxylation is 2. The fourth-order valence-corrected chi connectivity index (χ4v) is 3.52. The highest BCUT2D eigenvalue weighted by Crippen LogP contribution is 2.24. The van der Waals surface area contributed by atoms with E-state index in [0.717, 1.165) is 17.3 Å². The summed E-state index contributed by atoms with van der Waals surface area (Å²) in [5, 5.41) is 0. The van der Waals surface area contributed by atoms with E-state index in [-0.39, 0.29) is 5.91 Å². The van der Waals surface area contributed by atoms with Crippen LogP contribution in [0.25, 0.3) is 0 Å². The maximum absolute atomic E-state index is 12.8. The van der Waals surface area contributed by atoms with Crippen molar-refractivity contribution in [2.24, 2.45) is 0 Å². The lowest BCUT2D eigenvalue weighted by atomic mass is 10.1. The molecule has 31 heavy (non-hydrogen) atoms. The molecule has 160 valence electrons. The van der Waals surface area contributed by atoms with Crippen molar-refractivity contribution in [3.05, 3.63) is 71.5 Å². The summed E-state index contributed by atoms with van der Waals surface area (Å²) in [5.41, 5.74) is 1.84. The summed E-state index contributed by atoms with van der Waals surface area (Å²) in [5.74, 6) is 3.49. The van der Waals surface area contributed by atoms with Crippen LogP contribution < -0.4 is 14.4 Å². The normalized spacial score (nSPS) is 13.8. The van der Waals surface area contributed by atoms with Crippen LogP contribution in [0.4, 0.5) is 5.82 Å². The molecule has 0 N–H and O–H groups in total. The number of aromatic nitrogens is 2. The summed E-state index contributed by atoms with van der Waals surface area (Å²) in [6.07, 6.45) is 0. The Labute approximate surface area is 182 Å². The van der Waals surface area contributed by atoms with Crippen LogP contribution in [-0.4, -0.2) is 54.1 Å². The van der Waals surface area contributed by atoms with Gasteiger partial charge in [-0.25, -0.2) is 4.98 Å². The average Bonchev–Trinajstić information content (AvgIpc) is 2.80. The summed E-state index contributed by atoms with van der Waals surface area (Å²) in [6, 6.07) is 16.9. The third-order valence-corrected chi connectivity index (χ3v) is 5.27. The van der Waals surface area contributed by atoms with Crippen LogP contribution in [0.1, 0.15) is 21.7 Å². The minimum atomic E-state index is 0.0320. The molecular weight excluding hydrogens is 392 g/mol. The van der Waals surface area contributed by atoms with Crippen molar-refractivity contribution >= 4 is 11.7 Å². The fraction of sp³-hybridized carbons (Fsp3) is 0.292. The first-order valence-corrected chi connectivity index (χ1v) is 10.3. The van der Waals surface area contributed by atoms with E-state index in [2.05, 4.69) is 14.9 Å². The Bertz CT molecular complexity index is 1040. The molecule has 0 atom stereocenters. The van der Waals surface area contributed by atoms with Gasteiger partial charge in [-0.3, -0.25) is 4.79 Å². The monoisotopic (exact) mass is 418 g/mol. The third kappa shape index (κ3) is 4.94. The molecule has 2 aromatic carbocycles. The standard InChI is InChI=1S/C24H26N4O3/c1-17-4-8-21(9-5-17)31-23-16-22(25-18(2)26-23)27-12-14-28(15-13-27)24(29)19-6-10-20(30-3)11-7-19/h4-11,16H,12-15H2,1-3H3. The van der Waals surface area contributed by atoms with Crippen LogP contribution in [-0.2, 0) is 0 Å². The average molecular weight is 418 g/mol. The van der Waals surface area contributed by atoms with Gasteiger partial charge < -0.3 is 19.3 Å². The quantitative estimate of drug-likeness (QED) is 0.627. The van der Waals surface area contributed by atoms with Crippen molar-refractivity contribution in [3.8, 4) is 17.4 Å². The number of hydrogen-bond donors (Lipinski definition) is 0. The van der Waals surface area contributed by atoms with Crippen molar-refractivity contribution < 1.29 is 14.3 Å². The number of rotatable bonds is 5. The van der Waals surface area contributed by atoms with Crippen LogP contribution in [0.2, 0.25) is 0 Å². The summed E-state index contributed by atoms with van der Waals surface area (Å²) in [6.45, 7) is 6.54. The topological polar surface area (TPSA) is 67.8 Å². The van der Waals surface area contributed by atoms with Gasteiger partial charge >= 0.3 is 0 Å². The minimum Gasteiger partial charge on any atom is -0.497 e. The van der Waals surface area contributed by atoms with E-state index in [1.165, 1.54) is 5.56 Å². The molecule has 0 saturated carbocycles. The number of piperazine rings is 1. The molecule has 1 aromatic heterocycles. The molecule has 7 heteroatoms. The number of methoxy groups -OCH3 is 1. The predicted molar refractivity (Wildman–Crippen MR) is 119 cm³/mol. The molecule has 1 aliphatic rings. The predicted octanol–water partition coefficient (Wildman–Crippen LogP) is 3.86. The number of amides is 1. The number of carbonyl (C=O) groups excluding carboxylic acids is 1. The molecule has 1 saturated heterocycles. The molecule has 0 spiro atoms. The van der Waals surface area contributed by atoms with E-state index in [9.17, 15) is 4.79 Å². The molecule has 1 amide bonds. The maximum Gasteiger partial charge on any atom is 0.253 e. The summed E-state index contributed by atoms with van der Waals surface area (Å²) in [4.78, 5) is 25.8. The van der Waals surface area contributed by atoms with Crippen molar-refractivity contribution in [2.75, 3.05) is 38.2 Å². The molecule has 1 aliphatic heterocycles. The zero-order valence-corrected chi connectivity index (χ0v) is 18.0. The Morgan fingerprint density at radius 3 is 2.16 bits per heavy atom. The van der Waals surface area contributed by atoms with Crippen LogP contribution in [0.15, 0.2) is 54.6 Å². The first-order valence-electron chi connectivity index (χ1n) is 10.3. The lowest BCUT2D eigenvalue weighted by molar-refractivity contribution is 0.0746. The summed E-state index contributed by atoms with van der Waals surface area (Å²) < 4.78 is 11.1. The lowest BCUT2D eigenvalue weighted by Gasteiger charge is -2.35. The Morgan fingerprint density at radius 2 is 1.52 bits per heavy atom. The van der Waals surface area contributed by atoms with E-state index >= 15 is 0 Å². The summed E-state index contributed by atoms with van der Waals surface area (Å²) >= 11 is 0. The van der Waals surface area contributed by atoms with Crippen LogP contribution in [0.3, 0.4) is 0 Å². The van der Waals surface area contributed by atoms with E-state index in [1.54, 1.807) is 19.2 Å². The van der Waals surface area contributed by atoms with Gasteiger partial charge in [-0.05, 0) is 50.2 Å². The van der Waals surface area contributed by atoms with Gasteiger partial charge in [0.25, 0.3) is 5.91 Å². The van der Waals surface area contributed by atoms with E-state index in [1.807, 2.05) is 61.2 Å². The molecular formula is C24H26N4O3. The Morgan fingerprint density at radius 1 is 0.871 bits per heavy atom. The van der Waals surface area contributed by atoms with Gasteiger partial charge in [-0.1, -0.05) is 17.7 Å². The molecule has 0 unspecified atom stereocenters. The number of ether oxygens (including phenoxy) is 2.